The third-order valence-corrected chi connectivity index (χ3v) is 3.58. The van der Waals surface area contributed by atoms with Gasteiger partial charge in [-0.05, 0) is 26.3 Å². The van der Waals surface area contributed by atoms with E-state index >= 15 is 0 Å². The van der Waals surface area contributed by atoms with Gasteiger partial charge in [0.25, 0.3) is 0 Å². The molecule has 0 saturated heterocycles. The Balaban J connectivity index is 2.98. The van der Waals surface area contributed by atoms with Gasteiger partial charge in [-0.3, -0.25) is 9.59 Å². The number of hydrogen-bond donors (Lipinski definition) is 1. The third kappa shape index (κ3) is 5.21. The topological polar surface area (TPSA) is 64.6 Å². The minimum atomic E-state index is -1.11. The maximum absolute atomic E-state index is 12.3. The summed E-state index contributed by atoms with van der Waals surface area (Å²) in [6, 6.07) is 9.70. The predicted octanol–water partition coefficient (Wildman–Crippen LogP) is 2.46. The van der Waals surface area contributed by atoms with Crippen molar-refractivity contribution in [3.8, 4) is 0 Å². The van der Waals surface area contributed by atoms with Gasteiger partial charge in [-0.25, -0.2) is 0 Å². The van der Waals surface area contributed by atoms with Crippen LogP contribution in [0.15, 0.2) is 43.0 Å². The van der Waals surface area contributed by atoms with Gasteiger partial charge in [0.2, 0.25) is 0 Å². The minimum Gasteiger partial charge on any atom is -0.465 e. The van der Waals surface area contributed by atoms with Gasteiger partial charge in [0, 0.05) is 6.54 Å². The van der Waals surface area contributed by atoms with Crippen LogP contribution in [-0.2, 0) is 25.6 Å². The number of benzene rings is 1. The SMILES string of the molecule is C=CC(C)(NCc1ccccc1)C(C(=O)OCC)C(=O)OCC. The van der Waals surface area contributed by atoms with E-state index in [9.17, 15) is 9.59 Å². The summed E-state index contributed by atoms with van der Waals surface area (Å²) in [7, 11) is 0. The van der Waals surface area contributed by atoms with Gasteiger partial charge in [-0.1, -0.05) is 36.4 Å². The average molecular weight is 319 g/mol. The van der Waals surface area contributed by atoms with Crippen LogP contribution in [0, 0.1) is 5.92 Å². The highest BCUT2D eigenvalue weighted by molar-refractivity contribution is 5.97. The van der Waals surface area contributed by atoms with Crippen molar-refractivity contribution in [1.29, 1.82) is 0 Å². The lowest BCUT2D eigenvalue weighted by molar-refractivity contribution is -0.164. The predicted molar refractivity (Wildman–Crippen MR) is 88.6 cm³/mol. The Morgan fingerprint density at radius 1 is 1.17 bits per heavy atom. The normalized spacial score (nSPS) is 13.2. The molecule has 1 aromatic rings. The van der Waals surface area contributed by atoms with Crippen LogP contribution in [0.25, 0.3) is 0 Å². The zero-order valence-corrected chi connectivity index (χ0v) is 14.0. The van der Waals surface area contributed by atoms with Gasteiger partial charge < -0.3 is 14.8 Å². The lowest BCUT2D eigenvalue weighted by Gasteiger charge is -2.33. The van der Waals surface area contributed by atoms with Crippen LogP contribution in [0.4, 0.5) is 0 Å². The van der Waals surface area contributed by atoms with E-state index in [1.807, 2.05) is 30.3 Å². The molecule has 0 bridgehead atoms. The first kappa shape index (κ1) is 18.9. The van der Waals surface area contributed by atoms with Crippen molar-refractivity contribution >= 4 is 11.9 Å². The van der Waals surface area contributed by atoms with E-state index in [4.69, 9.17) is 9.47 Å². The lowest BCUT2D eigenvalue weighted by atomic mass is 9.85. The molecule has 5 nitrogen and oxygen atoms in total. The molecule has 1 atom stereocenters. The first-order valence-corrected chi connectivity index (χ1v) is 7.74. The highest BCUT2D eigenvalue weighted by Gasteiger charge is 2.44. The molecule has 0 radical (unpaired) electrons. The van der Waals surface area contributed by atoms with Crippen LogP contribution in [0.5, 0.6) is 0 Å². The number of rotatable bonds is 9. The van der Waals surface area contributed by atoms with Crippen molar-refractivity contribution in [2.24, 2.45) is 5.92 Å². The lowest BCUT2D eigenvalue weighted by Crippen LogP contribution is -2.54. The largest absolute Gasteiger partial charge is 0.465 e. The molecule has 5 heteroatoms. The van der Waals surface area contributed by atoms with Crippen molar-refractivity contribution < 1.29 is 19.1 Å². The number of esters is 2. The Hall–Kier alpha value is -2.14. The second-order valence-corrected chi connectivity index (χ2v) is 5.26. The average Bonchev–Trinajstić information content (AvgIpc) is 2.54. The standard InChI is InChI=1S/C18H25NO4/c1-5-18(4,19-13-14-11-9-8-10-12-14)15(16(20)22-6-2)17(21)23-7-3/h5,8-12,15,19H,1,6-7,13H2,2-4H3. The molecule has 126 valence electrons. The van der Waals surface area contributed by atoms with E-state index in [0.29, 0.717) is 6.54 Å². The van der Waals surface area contributed by atoms with Crippen molar-refractivity contribution in [2.75, 3.05) is 13.2 Å². The summed E-state index contributed by atoms with van der Waals surface area (Å²) >= 11 is 0. The Kier molecular flexibility index (Phi) is 7.48. The molecule has 0 heterocycles. The van der Waals surface area contributed by atoms with Gasteiger partial charge in [-0.2, -0.15) is 0 Å². The molecule has 0 saturated carbocycles. The van der Waals surface area contributed by atoms with Crippen LogP contribution < -0.4 is 5.32 Å². The summed E-state index contributed by atoms with van der Waals surface area (Å²) in [4.78, 5) is 24.5. The van der Waals surface area contributed by atoms with Crippen LogP contribution >= 0.6 is 0 Å². The molecule has 1 unspecified atom stereocenters. The zero-order valence-electron chi connectivity index (χ0n) is 14.0. The molecule has 23 heavy (non-hydrogen) atoms. The summed E-state index contributed by atoms with van der Waals surface area (Å²) < 4.78 is 10.1. The summed E-state index contributed by atoms with van der Waals surface area (Å²) in [6.07, 6.45) is 1.55. The monoisotopic (exact) mass is 319 g/mol. The smallest absolute Gasteiger partial charge is 0.322 e. The fourth-order valence-corrected chi connectivity index (χ4v) is 2.22. The van der Waals surface area contributed by atoms with E-state index in [1.54, 1.807) is 26.8 Å². The van der Waals surface area contributed by atoms with Crippen LogP contribution in [0.2, 0.25) is 0 Å². The van der Waals surface area contributed by atoms with Crippen LogP contribution in [-0.4, -0.2) is 30.7 Å². The van der Waals surface area contributed by atoms with Crippen molar-refractivity contribution in [3.63, 3.8) is 0 Å². The number of carbonyl (C=O) groups excluding carboxylic acids is 2. The van der Waals surface area contributed by atoms with Gasteiger partial charge in [0.05, 0.1) is 18.8 Å². The van der Waals surface area contributed by atoms with Crippen molar-refractivity contribution in [3.05, 3.63) is 48.6 Å². The van der Waals surface area contributed by atoms with E-state index in [1.165, 1.54) is 0 Å². The van der Waals surface area contributed by atoms with Gasteiger partial charge in [0.15, 0.2) is 5.92 Å². The highest BCUT2D eigenvalue weighted by Crippen LogP contribution is 2.23. The third-order valence-electron chi connectivity index (χ3n) is 3.58. The summed E-state index contributed by atoms with van der Waals surface area (Å²) in [5.41, 5.74) is 0.0565. The summed E-state index contributed by atoms with van der Waals surface area (Å²) in [5.74, 6) is -2.34. The Bertz CT molecular complexity index is 511. The molecule has 1 rings (SSSR count). The fraction of sp³-hybridized carbons (Fsp3) is 0.444. The van der Waals surface area contributed by atoms with Crippen LogP contribution in [0.3, 0.4) is 0 Å². The Labute approximate surface area is 137 Å². The molecule has 0 aliphatic heterocycles. The number of nitrogens with one attached hydrogen (secondary N) is 1. The number of ether oxygens (including phenoxy) is 2. The highest BCUT2D eigenvalue weighted by atomic mass is 16.6. The molecule has 0 amide bonds. The fourth-order valence-electron chi connectivity index (χ4n) is 2.22. The van der Waals surface area contributed by atoms with E-state index < -0.39 is 23.4 Å². The van der Waals surface area contributed by atoms with E-state index in [-0.39, 0.29) is 13.2 Å². The second-order valence-electron chi connectivity index (χ2n) is 5.26. The maximum Gasteiger partial charge on any atom is 0.322 e. The van der Waals surface area contributed by atoms with E-state index in [2.05, 4.69) is 11.9 Å². The molecular weight excluding hydrogens is 294 g/mol. The summed E-state index contributed by atoms with van der Waals surface area (Å²) in [6.45, 7) is 9.78. The Morgan fingerprint density at radius 2 is 1.70 bits per heavy atom. The maximum atomic E-state index is 12.3. The van der Waals surface area contributed by atoms with Gasteiger partial charge in [0.1, 0.15) is 0 Å². The number of hydrogen-bond acceptors (Lipinski definition) is 5. The molecule has 0 fully saturated rings. The Morgan fingerprint density at radius 3 is 2.13 bits per heavy atom. The zero-order chi connectivity index (χ0) is 17.3. The first-order chi connectivity index (χ1) is 11.0. The summed E-state index contributed by atoms with van der Waals surface area (Å²) in [5, 5.41) is 3.22. The van der Waals surface area contributed by atoms with E-state index in [0.717, 1.165) is 5.56 Å². The van der Waals surface area contributed by atoms with Crippen LogP contribution in [0.1, 0.15) is 26.3 Å². The molecule has 0 spiro atoms. The second kappa shape index (κ2) is 9.10. The molecular formula is C18H25NO4. The molecule has 1 N–H and O–H groups in total. The van der Waals surface area contributed by atoms with Gasteiger partial charge >= 0.3 is 11.9 Å². The molecule has 0 aromatic heterocycles. The van der Waals surface area contributed by atoms with Crippen molar-refractivity contribution in [2.45, 2.75) is 32.9 Å². The minimum absolute atomic E-state index is 0.195. The quantitative estimate of drug-likeness (QED) is 0.430. The first-order valence-electron chi connectivity index (χ1n) is 7.74. The van der Waals surface area contributed by atoms with Gasteiger partial charge in [-0.15, -0.1) is 6.58 Å². The molecule has 1 aromatic carbocycles. The number of carbonyl (C=O) groups is 2. The molecule has 0 aliphatic rings. The van der Waals surface area contributed by atoms with Crippen molar-refractivity contribution in [1.82, 2.24) is 5.32 Å². The molecule has 0 aliphatic carbocycles.